The highest BCUT2D eigenvalue weighted by Crippen LogP contribution is 2.19. The van der Waals surface area contributed by atoms with Crippen LogP contribution >= 0.6 is 0 Å². The molecule has 6 nitrogen and oxygen atoms in total. The van der Waals surface area contributed by atoms with Crippen LogP contribution in [0, 0.1) is 0 Å². The van der Waals surface area contributed by atoms with Crippen LogP contribution in [-0.2, 0) is 19.1 Å². The van der Waals surface area contributed by atoms with Crippen molar-refractivity contribution in [3.05, 3.63) is 83.9 Å². The van der Waals surface area contributed by atoms with Crippen LogP contribution in [0.4, 0.5) is 0 Å². The van der Waals surface area contributed by atoms with Crippen LogP contribution in [0.1, 0.15) is 38.8 Å². The van der Waals surface area contributed by atoms with Gasteiger partial charge in [0, 0.05) is 12.2 Å². The summed E-state index contributed by atoms with van der Waals surface area (Å²) in [4.78, 5) is 24.1. The van der Waals surface area contributed by atoms with Crippen molar-refractivity contribution >= 4 is 24.1 Å². The van der Waals surface area contributed by atoms with Crippen molar-refractivity contribution in [3.8, 4) is 0 Å². The summed E-state index contributed by atoms with van der Waals surface area (Å²) >= 11 is 0. The lowest BCUT2D eigenvalue weighted by Gasteiger charge is -2.22. The van der Waals surface area contributed by atoms with Gasteiger partial charge in [-0.25, -0.2) is 9.59 Å². The third kappa shape index (κ3) is 8.65. The Hall–Kier alpha value is -3.54. The van der Waals surface area contributed by atoms with Crippen LogP contribution in [0.15, 0.2) is 83.0 Å². The lowest BCUT2D eigenvalue weighted by atomic mass is 10.2. The van der Waals surface area contributed by atoms with E-state index < -0.39 is 23.4 Å². The van der Waals surface area contributed by atoms with Crippen molar-refractivity contribution in [1.29, 1.82) is 0 Å². The van der Waals surface area contributed by atoms with Gasteiger partial charge in [0.25, 0.3) is 0 Å². The van der Waals surface area contributed by atoms with Gasteiger partial charge in [0.05, 0.1) is 0 Å². The fourth-order valence-corrected chi connectivity index (χ4v) is 2.30. The highest BCUT2D eigenvalue weighted by atomic mass is 16.6. The lowest BCUT2D eigenvalue weighted by molar-refractivity contribution is -0.154. The van der Waals surface area contributed by atoms with Gasteiger partial charge in [-0.15, -0.1) is 10.2 Å². The van der Waals surface area contributed by atoms with Crippen LogP contribution in [0.5, 0.6) is 0 Å². The van der Waals surface area contributed by atoms with E-state index in [1.54, 1.807) is 39.8 Å². The van der Waals surface area contributed by atoms with Crippen molar-refractivity contribution in [2.24, 2.45) is 10.2 Å². The van der Waals surface area contributed by atoms with Crippen LogP contribution in [0.3, 0.4) is 0 Å². The maximum Gasteiger partial charge on any atom is 0.332 e. The van der Waals surface area contributed by atoms with Gasteiger partial charge in [-0.3, -0.25) is 0 Å². The molecule has 0 saturated heterocycles. The monoisotopic (exact) mass is 406 g/mol. The number of hydrogen-bond acceptors (Lipinski definition) is 6. The van der Waals surface area contributed by atoms with Gasteiger partial charge in [-0.05, 0) is 51.0 Å². The molecule has 0 amide bonds. The quantitative estimate of drug-likeness (QED) is 0.333. The largest absolute Gasteiger partial charge is 0.433 e. The first kappa shape index (κ1) is 22.7. The molecule has 0 unspecified atom stereocenters. The molecule has 0 bridgehead atoms. The van der Waals surface area contributed by atoms with Gasteiger partial charge in [-0.2, -0.15) is 0 Å². The molecule has 0 N–H and O–H groups in total. The summed E-state index contributed by atoms with van der Waals surface area (Å²) < 4.78 is 10.6. The number of hydrogen-bond donors (Lipinski definition) is 0. The predicted molar refractivity (Wildman–Crippen MR) is 116 cm³/mol. The number of benzene rings is 2. The second-order valence-corrected chi connectivity index (χ2v) is 7.42. The van der Waals surface area contributed by atoms with E-state index in [-0.39, 0.29) is 0 Å². The Labute approximate surface area is 176 Å². The fraction of sp³-hybridized carbons (Fsp3) is 0.250. The molecule has 0 heterocycles. The molecule has 2 aromatic rings. The van der Waals surface area contributed by atoms with E-state index >= 15 is 0 Å². The van der Waals surface area contributed by atoms with E-state index in [4.69, 9.17) is 9.47 Å². The topological polar surface area (TPSA) is 77.3 Å². The predicted octanol–water partition coefficient (Wildman–Crippen LogP) is 5.42. The zero-order valence-corrected chi connectivity index (χ0v) is 17.6. The summed E-state index contributed by atoms with van der Waals surface area (Å²) in [5.74, 6) is -1.10. The summed E-state index contributed by atoms with van der Waals surface area (Å²) in [5.41, 5.74) is -0.681. The van der Waals surface area contributed by atoms with Crippen molar-refractivity contribution in [1.82, 2.24) is 0 Å². The molecular formula is C24H26N2O4. The van der Waals surface area contributed by atoms with Gasteiger partial charge < -0.3 is 9.47 Å². The van der Waals surface area contributed by atoms with Gasteiger partial charge in [0.2, 0.25) is 11.4 Å². The lowest BCUT2D eigenvalue weighted by Crippen LogP contribution is -2.28. The molecule has 156 valence electrons. The van der Waals surface area contributed by atoms with Crippen molar-refractivity contribution in [2.75, 3.05) is 0 Å². The summed E-state index contributed by atoms with van der Waals surface area (Å²) in [7, 11) is 0. The Balaban J connectivity index is 1.91. The zero-order chi connectivity index (χ0) is 22.0. The first-order chi connectivity index (χ1) is 14.2. The molecule has 2 rings (SSSR count). The summed E-state index contributed by atoms with van der Waals surface area (Å²) in [6.07, 6.45) is 5.96. The Bertz CT molecular complexity index is 853. The Kier molecular flexibility index (Phi) is 7.81. The van der Waals surface area contributed by atoms with E-state index in [2.05, 4.69) is 10.2 Å². The van der Waals surface area contributed by atoms with Crippen molar-refractivity contribution in [2.45, 2.75) is 39.1 Å². The van der Waals surface area contributed by atoms with Crippen LogP contribution in [0.2, 0.25) is 0 Å². The Morgan fingerprint density at radius 2 is 1.00 bits per heavy atom. The minimum absolute atomic E-state index is 0.552. The second kappa shape index (κ2) is 10.3. The molecular weight excluding hydrogens is 380 g/mol. The Morgan fingerprint density at radius 1 is 0.667 bits per heavy atom. The number of carbonyl (C=O) groups excluding carboxylic acids is 2. The molecule has 0 fully saturated rings. The minimum atomic E-state index is -1.22. The highest BCUT2D eigenvalue weighted by Gasteiger charge is 2.26. The third-order valence-corrected chi connectivity index (χ3v) is 3.66. The third-order valence-electron chi connectivity index (χ3n) is 3.66. The number of carbonyl (C=O) groups is 2. The van der Waals surface area contributed by atoms with E-state index in [0.29, 0.717) is 0 Å². The van der Waals surface area contributed by atoms with Crippen molar-refractivity contribution < 1.29 is 19.1 Å². The highest BCUT2D eigenvalue weighted by molar-refractivity contribution is 5.87. The van der Waals surface area contributed by atoms with E-state index in [0.717, 1.165) is 11.1 Å². The molecule has 30 heavy (non-hydrogen) atoms. The van der Waals surface area contributed by atoms with E-state index in [1.165, 1.54) is 12.2 Å². The molecule has 0 aliphatic rings. The first-order valence-corrected chi connectivity index (χ1v) is 9.51. The van der Waals surface area contributed by atoms with Gasteiger partial charge in [-0.1, -0.05) is 60.7 Å². The smallest absolute Gasteiger partial charge is 0.332 e. The summed E-state index contributed by atoms with van der Waals surface area (Å²) in [5, 5.41) is 8.08. The van der Waals surface area contributed by atoms with Crippen LogP contribution in [0.25, 0.3) is 12.2 Å². The second-order valence-electron chi connectivity index (χ2n) is 7.42. The van der Waals surface area contributed by atoms with Crippen LogP contribution in [-0.4, -0.2) is 23.4 Å². The van der Waals surface area contributed by atoms with Gasteiger partial charge in [0.1, 0.15) is 0 Å². The number of nitrogens with zero attached hydrogens (tertiary/aromatic N) is 2. The zero-order valence-electron chi connectivity index (χ0n) is 17.6. The average molecular weight is 406 g/mol. The molecule has 0 saturated carbocycles. The normalized spacial score (nSPS) is 12.5. The van der Waals surface area contributed by atoms with E-state index in [1.807, 2.05) is 60.7 Å². The number of rotatable bonds is 8. The molecule has 0 radical (unpaired) electrons. The first-order valence-electron chi connectivity index (χ1n) is 9.51. The molecule has 0 aromatic heterocycles. The summed E-state index contributed by atoms with van der Waals surface area (Å²) in [6, 6.07) is 18.8. The van der Waals surface area contributed by atoms with Gasteiger partial charge >= 0.3 is 11.9 Å². The maximum absolute atomic E-state index is 12.0. The maximum atomic E-state index is 12.0. The molecule has 2 aromatic carbocycles. The molecule has 0 spiro atoms. The average Bonchev–Trinajstić information content (AvgIpc) is 2.70. The summed E-state index contributed by atoms with van der Waals surface area (Å²) in [6.45, 7) is 6.38. The fourth-order valence-electron chi connectivity index (χ4n) is 2.30. The van der Waals surface area contributed by atoms with Crippen LogP contribution < -0.4 is 0 Å². The van der Waals surface area contributed by atoms with E-state index in [9.17, 15) is 9.59 Å². The van der Waals surface area contributed by atoms with Crippen molar-refractivity contribution in [3.63, 3.8) is 0 Å². The molecule has 6 heteroatoms. The molecule has 0 aliphatic carbocycles. The van der Waals surface area contributed by atoms with Gasteiger partial charge in [0.15, 0.2) is 0 Å². The number of esters is 2. The number of azo groups is 1. The Morgan fingerprint density at radius 3 is 1.33 bits per heavy atom. The SMILES string of the molecule is CC(C)(N=NC(C)(C)OC(=O)C=Cc1ccccc1)OC(=O)C=Cc1ccccc1. The number of ether oxygens (including phenoxy) is 2. The standard InChI is InChI=1S/C24H26N2O4/c1-23(2,29-21(27)17-15-19-11-7-5-8-12-19)25-26-24(3,4)30-22(28)18-16-20-13-9-6-10-14-20/h5-18H,1-4H3. The molecule has 0 atom stereocenters. The molecule has 0 aliphatic heterocycles. The minimum Gasteiger partial charge on any atom is -0.433 e.